The number of para-hydroxylation sites is 2. The fraction of sp³-hybridized carbons (Fsp3) is 0.500. The molecule has 4 rings (SSSR count). The maximum atomic E-state index is 12.1. The van der Waals surface area contributed by atoms with E-state index < -0.39 is 6.23 Å². The van der Waals surface area contributed by atoms with Gasteiger partial charge in [0.15, 0.2) is 11.5 Å². The summed E-state index contributed by atoms with van der Waals surface area (Å²) < 4.78 is 22.8. The fourth-order valence-electron chi connectivity index (χ4n) is 5.20. The van der Waals surface area contributed by atoms with E-state index in [0.717, 1.165) is 54.9 Å². The Morgan fingerprint density at radius 3 is 2.60 bits per heavy atom. The predicted molar refractivity (Wildman–Crippen MR) is 138 cm³/mol. The number of ether oxygens (including phenoxy) is 4. The Kier molecular flexibility index (Phi) is 8.21. The molecule has 1 saturated heterocycles. The molecule has 0 bridgehead atoms. The number of rotatable bonds is 10. The van der Waals surface area contributed by atoms with Crippen LogP contribution in [0.5, 0.6) is 17.2 Å². The van der Waals surface area contributed by atoms with Crippen LogP contribution < -0.4 is 19.1 Å². The number of allylic oxidation sites excluding steroid dienone is 1. The third-order valence-corrected chi connectivity index (χ3v) is 7.14. The standard InChI is InChI=1S/C28H38N2O5/c1-19(2)10-12-23(29-15-14-21(17-29)32-3)28(31)30-22-8-6-7-9-25(22)35-18-24(30)20-11-13-26(33-4)27(16-20)34-5/h6-9,11,13,16,21,23-24,28,31H,1,10,12,14-15,17-18H2,2-5H3. The number of aliphatic hydroxyl groups excluding tert-OH is 1. The van der Waals surface area contributed by atoms with Crippen LogP contribution in [-0.4, -0.2) is 69.4 Å². The Balaban J connectivity index is 1.73. The van der Waals surface area contributed by atoms with Crippen molar-refractivity contribution in [3.05, 3.63) is 60.2 Å². The van der Waals surface area contributed by atoms with E-state index in [1.807, 2.05) is 49.4 Å². The predicted octanol–water partition coefficient (Wildman–Crippen LogP) is 4.41. The molecule has 0 aromatic heterocycles. The van der Waals surface area contributed by atoms with Gasteiger partial charge in [0.1, 0.15) is 18.6 Å². The zero-order valence-electron chi connectivity index (χ0n) is 21.3. The Hall–Kier alpha value is -2.74. The molecule has 2 heterocycles. The minimum absolute atomic E-state index is 0.0827. The Bertz CT molecular complexity index is 1010. The van der Waals surface area contributed by atoms with Gasteiger partial charge < -0.3 is 29.0 Å². The molecule has 0 radical (unpaired) electrons. The van der Waals surface area contributed by atoms with Crippen molar-refractivity contribution >= 4 is 5.69 Å². The van der Waals surface area contributed by atoms with E-state index in [1.54, 1.807) is 21.3 Å². The Labute approximate surface area is 208 Å². The molecule has 2 aromatic rings. The van der Waals surface area contributed by atoms with Gasteiger partial charge in [-0.05, 0) is 56.0 Å². The molecule has 4 unspecified atom stereocenters. The molecule has 2 aliphatic heterocycles. The molecule has 35 heavy (non-hydrogen) atoms. The van der Waals surface area contributed by atoms with Crippen molar-refractivity contribution in [1.82, 2.24) is 4.90 Å². The Morgan fingerprint density at radius 1 is 1.14 bits per heavy atom. The number of hydrogen-bond donors (Lipinski definition) is 1. The number of fused-ring (bicyclic) bond motifs is 1. The normalized spacial score (nSPS) is 21.7. The first kappa shape index (κ1) is 25.4. The van der Waals surface area contributed by atoms with E-state index in [-0.39, 0.29) is 18.2 Å². The van der Waals surface area contributed by atoms with Gasteiger partial charge >= 0.3 is 0 Å². The molecule has 2 aliphatic rings. The van der Waals surface area contributed by atoms with Crippen LogP contribution in [0.3, 0.4) is 0 Å². The summed E-state index contributed by atoms with van der Waals surface area (Å²) in [4.78, 5) is 4.48. The second-order valence-corrected chi connectivity index (χ2v) is 9.43. The SMILES string of the molecule is C=C(C)CCC(C(O)N1c2ccccc2OCC1c1ccc(OC)c(OC)c1)N1CCC(OC)C1. The number of nitrogens with zero attached hydrogens (tertiary/aromatic N) is 2. The second kappa shape index (κ2) is 11.3. The topological polar surface area (TPSA) is 63.6 Å². The van der Waals surface area contributed by atoms with Crippen LogP contribution in [0.25, 0.3) is 0 Å². The number of methoxy groups -OCH3 is 3. The molecule has 4 atom stereocenters. The lowest BCUT2D eigenvalue weighted by atomic mass is 9.98. The average Bonchev–Trinajstić information content (AvgIpc) is 3.36. The van der Waals surface area contributed by atoms with Gasteiger partial charge in [0, 0.05) is 20.2 Å². The van der Waals surface area contributed by atoms with Gasteiger partial charge in [-0.3, -0.25) is 4.90 Å². The van der Waals surface area contributed by atoms with Gasteiger partial charge in [0.25, 0.3) is 0 Å². The highest BCUT2D eigenvalue weighted by atomic mass is 16.5. The number of hydrogen-bond acceptors (Lipinski definition) is 7. The molecule has 1 fully saturated rings. The molecule has 0 aliphatic carbocycles. The summed E-state index contributed by atoms with van der Waals surface area (Å²) in [6.45, 7) is 8.26. The highest BCUT2D eigenvalue weighted by molar-refractivity contribution is 5.62. The van der Waals surface area contributed by atoms with Crippen molar-refractivity contribution in [1.29, 1.82) is 0 Å². The number of anilines is 1. The van der Waals surface area contributed by atoms with Gasteiger partial charge in [-0.2, -0.15) is 0 Å². The number of aliphatic hydroxyl groups is 1. The molecule has 2 aromatic carbocycles. The summed E-state index contributed by atoms with van der Waals surface area (Å²) in [6, 6.07) is 13.5. The van der Waals surface area contributed by atoms with Crippen molar-refractivity contribution in [2.24, 2.45) is 0 Å². The second-order valence-electron chi connectivity index (χ2n) is 9.43. The molecule has 7 heteroatoms. The zero-order valence-corrected chi connectivity index (χ0v) is 21.3. The van der Waals surface area contributed by atoms with Crippen molar-refractivity contribution in [3.63, 3.8) is 0 Å². The summed E-state index contributed by atoms with van der Waals surface area (Å²) in [5, 5.41) is 12.1. The van der Waals surface area contributed by atoms with Crippen LogP contribution in [0.15, 0.2) is 54.6 Å². The quantitative estimate of drug-likeness (QED) is 0.504. The van der Waals surface area contributed by atoms with E-state index >= 15 is 0 Å². The first-order chi connectivity index (χ1) is 17.0. The molecule has 1 N–H and O–H groups in total. The maximum Gasteiger partial charge on any atom is 0.161 e. The average molecular weight is 483 g/mol. The van der Waals surface area contributed by atoms with E-state index in [2.05, 4.69) is 16.4 Å². The maximum absolute atomic E-state index is 12.1. The summed E-state index contributed by atoms with van der Waals surface area (Å²) in [5.41, 5.74) is 2.99. The van der Waals surface area contributed by atoms with E-state index in [1.165, 1.54) is 0 Å². The lowest BCUT2D eigenvalue weighted by Gasteiger charge is -2.46. The largest absolute Gasteiger partial charge is 0.493 e. The van der Waals surface area contributed by atoms with Crippen molar-refractivity contribution in [3.8, 4) is 17.2 Å². The molecule has 0 amide bonds. The van der Waals surface area contributed by atoms with E-state index in [0.29, 0.717) is 18.1 Å². The van der Waals surface area contributed by atoms with Gasteiger partial charge in [-0.15, -0.1) is 6.58 Å². The van der Waals surface area contributed by atoms with Crippen LogP contribution in [-0.2, 0) is 4.74 Å². The molecule has 0 saturated carbocycles. The smallest absolute Gasteiger partial charge is 0.161 e. The zero-order chi connectivity index (χ0) is 24.9. The summed E-state index contributed by atoms with van der Waals surface area (Å²) in [6.07, 6.45) is 2.06. The lowest BCUT2D eigenvalue weighted by molar-refractivity contribution is 0.0298. The minimum atomic E-state index is -0.756. The first-order valence-corrected chi connectivity index (χ1v) is 12.3. The molecule has 190 valence electrons. The van der Waals surface area contributed by atoms with Gasteiger partial charge in [-0.1, -0.05) is 23.8 Å². The molecule has 0 spiro atoms. The van der Waals surface area contributed by atoms with Crippen LogP contribution in [0.2, 0.25) is 0 Å². The molecular weight excluding hydrogens is 444 g/mol. The van der Waals surface area contributed by atoms with Gasteiger partial charge in [0.2, 0.25) is 0 Å². The third-order valence-electron chi connectivity index (χ3n) is 7.14. The highest BCUT2D eigenvalue weighted by Gasteiger charge is 2.40. The fourth-order valence-corrected chi connectivity index (χ4v) is 5.20. The van der Waals surface area contributed by atoms with Crippen LogP contribution in [0, 0.1) is 0 Å². The van der Waals surface area contributed by atoms with Crippen molar-refractivity contribution in [2.45, 2.75) is 50.6 Å². The van der Waals surface area contributed by atoms with E-state index in [9.17, 15) is 5.11 Å². The number of benzene rings is 2. The molecule has 7 nitrogen and oxygen atoms in total. The minimum Gasteiger partial charge on any atom is -0.493 e. The van der Waals surface area contributed by atoms with Crippen LogP contribution in [0.1, 0.15) is 37.8 Å². The molecular formula is C28H38N2O5. The summed E-state index contributed by atoms with van der Waals surface area (Å²) in [7, 11) is 5.02. The Morgan fingerprint density at radius 2 is 1.91 bits per heavy atom. The van der Waals surface area contributed by atoms with Crippen molar-refractivity contribution in [2.75, 3.05) is 45.9 Å². The van der Waals surface area contributed by atoms with Crippen LogP contribution in [0.4, 0.5) is 5.69 Å². The van der Waals surface area contributed by atoms with Crippen LogP contribution >= 0.6 is 0 Å². The lowest BCUT2D eigenvalue weighted by Crippen LogP contribution is -2.54. The number of likely N-dealkylation sites (tertiary alicyclic amines) is 1. The van der Waals surface area contributed by atoms with E-state index in [4.69, 9.17) is 18.9 Å². The monoisotopic (exact) mass is 482 g/mol. The van der Waals surface area contributed by atoms with Gasteiger partial charge in [-0.25, -0.2) is 0 Å². The highest BCUT2D eigenvalue weighted by Crippen LogP contribution is 2.43. The first-order valence-electron chi connectivity index (χ1n) is 12.3. The van der Waals surface area contributed by atoms with Crippen molar-refractivity contribution < 1.29 is 24.1 Å². The third kappa shape index (κ3) is 5.42. The summed E-state index contributed by atoms with van der Waals surface area (Å²) in [5.74, 6) is 2.10. The summed E-state index contributed by atoms with van der Waals surface area (Å²) >= 11 is 0. The van der Waals surface area contributed by atoms with Gasteiger partial charge in [0.05, 0.1) is 38.1 Å².